The molecule has 1 rings (SSSR count). The molecule has 0 bridgehead atoms. The number of hydrogen-bond acceptors (Lipinski definition) is 1. The Morgan fingerprint density at radius 2 is 1.75 bits per heavy atom. The topological polar surface area (TPSA) is 17.1 Å². The van der Waals surface area contributed by atoms with E-state index in [1.807, 2.05) is 6.92 Å². The predicted octanol–water partition coefficient (Wildman–Crippen LogP) is 3.93. The fourth-order valence-electron chi connectivity index (χ4n) is 1.57. The van der Waals surface area contributed by atoms with Crippen molar-refractivity contribution in [2.24, 2.45) is 5.92 Å². The van der Waals surface area contributed by atoms with E-state index in [1.54, 1.807) is 0 Å². The molecule has 0 amide bonds. The van der Waals surface area contributed by atoms with Crippen molar-refractivity contribution in [3.63, 3.8) is 0 Å². The average Bonchev–Trinajstić information content (AvgIpc) is 2.17. The summed E-state index contributed by atoms with van der Waals surface area (Å²) in [7, 11) is 0. The first kappa shape index (κ1) is 13.2. The zero-order valence-corrected chi connectivity index (χ0v) is 11.1. The van der Waals surface area contributed by atoms with E-state index in [-0.39, 0.29) is 16.6 Å². The van der Waals surface area contributed by atoms with Crippen LogP contribution in [0.4, 0.5) is 0 Å². The number of carbonyl (C=O) groups excluding carboxylic acids is 1. The van der Waals surface area contributed by atoms with Gasteiger partial charge in [-0.1, -0.05) is 52.0 Å². The molecular formula is C14H19ClO. The van der Waals surface area contributed by atoms with Gasteiger partial charge in [0, 0.05) is 5.92 Å². The lowest BCUT2D eigenvalue weighted by Gasteiger charge is -2.19. The van der Waals surface area contributed by atoms with E-state index in [1.165, 1.54) is 5.56 Å². The minimum absolute atomic E-state index is 0.109. The highest BCUT2D eigenvalue weighted by molar-refractivity contribution is 6.63. The van der Waals surface area contributed by atoms with Crippen LogP contribution >= 0.6 is 11.6 Å². The Kier molecular flexibility index (Phi) is 4.15. The third kappa shape index (κ3) is 3.64. The molecule has 16 heavy (non-hydrogen) atoms. The normalized spacial score (nSPS) is 13.6. The molecule has 0 aliphatic heterocycles. The standard InChI is InChI=1S/C14H19ClO/c1-10(13(15)16)9-11-5-7-12(8-6-11)14(2,3)4/h5-8,10H,9H2,1-4H3. The maximum Gasteiger partial charge on any atom is 0.224 e. The zero-order valence-electron chi connectivity index (χ0n) is 10.4. The van der Waals surface area contributed by atoms with Crippen molar-refractivity contribution in [2.75, 3.05) is 0 Å². The van der Waals surface area contributed by atoms with Gasteiger partial charge in [0.05, 0.1) is 0 Å². The summed E-state index contributed by atoms with van der Waals surface area (Å²) >= 11 is 5.44. The molecule has 1 aromatic carbocycles. The van der Waals surface area contributed by atoms with Crippen molar-refractivity contribution >= 4 is 16.8 Å². The van der Waals surface area contributed by atoms with Gasteiger partial charge in [-0.25, -0.2) is 0 Å². The monoisotopic (exact) mass is 238 g/mol. The molecule has 0 spiro atoms. The maximum atomic E-state index is 10.9. The maximum absolute atomic E-state index is 10.9. The molecule has 2 heteroatoms. The van der Waals surface area contributed by atoms with Crippen molar-refractivity contribution in [3.05, 3.63) is 35.4 Å². The van der Waals surface area contributed by atoms with Gasteiger partial charge in [-0.2, -0.15) is 0 Å². The Morgan fingerprint density at radius 3 is 2.12 bits per heavy atom. The van der Waals surface area contributed by atoms with Crippen LogP contribution in [0.1, 0.15) is 38.8 Å². The van der Waals surface area contributed by atoms with Crippen LogP contribution in [0.25, 0.3) is 0 Å². The highest BCUT2D eigenvalue weighted by Gasteiger charge is 2.14. The van der Waals surface area contributed by atoms with Crippen molar-refractivity contribution in [2.45, 2.75) is 39.5 Å². The van der Waals surface area contributed by atoms with Crippen LogP contribution < -0.4 is 0 Å². The molecule has 1 atom stereocenters. The summed E-state index contributed by atoms with van der Waals surface area (Å²) in [6.07, 6.45) is 0.715. The van der Waals surface area contributed by atoms with E-state index in [0.717, 1.165) is 5.56 Å². The van der Waals surface area contributed by atoms with Gasteiger partial charge < -0.3 is 0 Å². The SMILES string of the molecule is CC(Cc1ccc(C(C)(C)C)cc1)C(=O)Cl. The third-order valence-corrected chi connectivity index (χ3v) is 3.12. The summed E-state index contributed by atoms with van der Waals surface area (Å²) in [4.78, 5) is 10.9. The molecule has 88 valence electrons. The summed E-state index contributed by atoms with van der Waals surface area (Å²) in [6, 6.07) is 8.41. The quantitative estimate of drug-likeness (QED) is 0.730. The molecule has 0 radical (unpaired) electrons. The van der Waals surface area contributed by atoms with Gasteiger partial charge in [-0.05, 0) is 34.6 Å². The second-order valence-electron chi connectivity index (χ2n) is 5.36. The minimum atomic E-state index is -0.264. The largest absolute Gasteiger partial charge is 0.281 e. The van der Waals surface area contributed by atoms with Gasteiger partial charge in [0.1, 0.15) is 0 Å². The Hall–Kier alpha value is -0.820. The lowest BCUT2D eigenvalue weighted by atomic mass is 9.86. The lowest BCUT2D eigenvalue weighted by Crippen LogP contribution is -2.11. The Balaban J connectivity index is 2.76. The van der Waals surface area contributed by atoms with Gasteiger partial charge in [-0.15, -0.1) is 0 Å². The molecule has 0 aromatic heterocycles. The second-order valence-corrected chi connectivity index (χ2v) is 5.73. The summed E-state index contributed by atoms with van der Waals surface area (Å²) in [5.41, 5.74) is 2.64. The van der Waals surface area contributed by atoms with E-state index >= 15 is 0 Å². The summed E-state index contributed by atoms with van der Waals surface area (Å²) in [5.74, 6) is -0.109. The molecule has 0 N–H and O–H groups in total. The van der Waals surface area contributed by atoms with Crippen molar-refractivity contribution in [3.8, 4) is 0 Å². The van der Waals surface area contributed by atoms with E-state index in [0.29, 0.717) is 6.42 Å². The lowest BCUT2D eigenvalue weighted by molar-refractivity contribution is -0.114. The first-order valence-electron chi connectivity index (χ1n) is 5.59. The number of benzene rings is 1. The molecule has 0 aliphatic rings. The molecular weight excluding hydrogens is 220 g/mol. The molecule has 0 aliphatic carbocycles. The molecule has 0 saturated heterocycles. The van der Waals surface area contributed by atoms with Gasteiger partial charge in [0.15, 0.2) is 0 Å². The fraction of sp³-hybridized carbons (Fsp3) is 0.500. The highest BCUT2D eigenvalue weighted by atomic mass is 35.5. The van der Waals surface area contributed by atoms with Crippen LogP contribution in [0.2, 0.25) is 0 Å². The van der Waals surface area contributed by atoms with Crippen LogP contribution in [-0.4, -0.2) is 5.24 Å². The van der Waals surface area contributed by atoms with Crippen LogP contribution in [-0.2, 0) is 16.6 Å². The number of rotatable bonds is 3. The van der Waals surface area contributed by atoms with E-state index in [4.69, 9.17) is 11.6 Å². The van der Waals surface area contributed by atoms with E-state index in [2.05, 4.69) is 45.0 Å². The van der Waals surface area contributed by atoms with E-state index in [9.17, 15) is 4.79 Å². The molecule has 0 fully saturated rings. The molecule has 1 aromatic rings. The summed E-state index contributed by atoms with van der Waals surface area (Å²) in [6.45, 7) is 8.42. The van der Waals surface area contributed by atoms with Crippen molar-refractivity contribution in [1.29, 1.82) is 0 Å². The van der Waals surface area contributed by atoms with Crippen LogP contribution in [0.5, 0.6) is 0 Å². The minimum Gasteiger partial charge on any atom is -0.281 e. The van der Waals surface area contributed by atoms with Crippen LogP contribution in [0.15, 0.2) is 24.3 Å². The average molecular weight is 239 g/mol. The smallest absolute Gasteiger partial charge is 0.224 e. The van der Waals surface area contributed by atoms with Crippen molar-refractivity contribution < 1.29 is 4.79 Å². The zero-order chi connectivity index (χ0) is 12.3. The van der Waals surface area contributed by atoms with E-state index < -0.39 is 0 Å². The van der Waals surface area contributed by atoms with Gasteiger partial charge in [0.25, 0.3) is 0 Å². The third-order valence-electron chi connectivity index (χ3n) is 2.75. The van der Waals surface area contributed by atoms with Gasteiger partial charge >= 0.3 is 0 Å². The Morgan fingerprint density at radius 1 is 1.25 bits per heavy atom. The van der Waals surface area contributed by atoms with Gasteiger partial charge in [0.2, 0.25) is 5.24 Å². The van der Waals surface area contributed by atoms with Crippen molar-refractivity contribution in [1.82, 2.24) is 0 Å². The first-order chi connectivity index (χ1) is 7.30. The van der Waals surface area contributed by atoms with Gasteiger partial charge in [-0.3, -0.25) is 4.79 Å². The Bertz CT molecular complexity index is 359. The fourth-order valence-corrected chi connectivity index (χ4v) is 1.65. The highest BCUT2D eigenvalue weighted by Crippen LogP contribution is 2.23. The Labute approximate surface area is 103 Å². The number of carbonyl (C=O) groups is 1. The summed E-state index contributed by atoms with van der Waals surface area (Å²) in [5, 5.41) is -0.264. The van der Waals surface area contributed by atoms with Crippen LogP contribution in [0, 0.1) is 5.92 Å². The molecule has 0 saturated carbocycles. The molecule has 1 unspecified atom stereocenters. The number of halogens is 1. The first-order valence-corrected chi connectivity index (χ1v) is 5.97. The predicted molar refractivity (Wildman–Crippen MR) is 68.9 cm³/mol. The second kappa shape index (κ2) is 5.01. The molecule has 1 nitrogen and oxygen atoms in total. The summed E-state index contributed by atoms with van der Waals surface area (Å²) < 4.78 is 0. The molecule has 0 heterocycles. The number of hydrogen-bond donors (Lipinski definition) is 0. The van der Waals surface area contributed by atoms with Crippen LogP contribution in [0.3, 0.4) is 0 Å².